The Morgan fingerprint density at radius 3 is 2.71 bits per heavy atom. The number of thiophene rings is 1. The van der Waals surface area contributed by atoms with Gasteiger partial charge in [-0.25, -0.2) is 9.97 Å². The van der Waals surface area contributed by atoms with Crippen LogP contribution in [0.4, 0.5) is 0 Å². The molecule has 0 aliphatic heterocycles. The molecule has 4 aromatic rings. The Kier molecular flexibility index (Phi) is 4.56. The van der Waals surface area contributed by atoms with Gasteiger partial charge in [0, 0.05) is 28.2 Å². The van der Waals surface area contributed by atoms with Crippen molar-refractivity contribution in [1.82, 2.24) is 25.8 Å². The van der Waals surface area contributed by atoms with Crippen molar-refractivity contribution in [3.8, 4) is 0 Å². The average Bonchev–Trinajstić information content (AvgIpc) is 3.21. The highest BCUT2D eigenvalue weighted by Gasteiger charge is 2.19. The topological polar surface area (TPSA) is 99.8 Å². The zero-order valence-corrected chi connectivity index (χ0v) is 16.5. The molecule has 0 bridgehead atoms. The summed E-state index contributed by atoms with van der Waals surface area (Å²) in [6.07, 6.45) is 1.98. The molecule has 28 heavy (non-hydrogen) atoms. The Hall–Kier alpha value is -3.26. The van der Waals surface area contributed by atoms with Crippen LogP contribution in [0.3, 0.4) is 0 Å². The lowest BCUT2D eigenvalue weighted by molar-refractivity contribution is -0.121. The van der Waals surface area contributed by atoms with Gasteiger partial charge in [0.1, 0.15) is 10.7 Å². The molecule has 2 amide bonds. The lowest BCUT2D eigenvalue weighted by Crippen LogP contribution is -2.42. The Morgan fingerprint density at radius 2 is 1.89 bits per heavy atom. The fourth-order valence-electron chi connectivity index (χ4n) is 3.37. The molecular weight excluding hydrogens is 374 g/mol. The molecule has 3 aromatic heterocycles. The van der Waals surface area contributed by atoms with Crippen molar-refractivity contribution in [3.05, 3.63) is 58.0 Å². The number of amides is 2. The minimum absolute atomic E-state index is 0.166. The van der Waals surface area contributed by atoms with Crippen LogP contribution >= 0.6 is 11.3 Å². The minimum Gasteiger partial charge on any atom is -0.361 e. The minimum atomic E-state index is -0.357. The molecule has 1 aromatic carbocycles. The van der Waals surface area contributed by atoms with Crippen molar-refractivity contribution in [1.29, 1.82) is 0 Å². The van der Waals surface area contributed by atoms with Gasteiger partial charge in [-0.3, -0.25) is 20.4 Å². The fourth-order valence-corrected chi connectivity index (χ4v) is 4.54. The third-order valence-electron chi connectivity index (χ3n) is 4.63. The lowest BCUT2D eigenvalue weighted by atomic mass is 10.1. The van der Waals surface area contributed by atoms with Crippen molar-refractivity contribution in [2.75, 3.05) is 0 Å². The van der Waals surface area contributed by atoms with E-state index in [0.717, 1.165) is 37.9 Å². The maximum atomic E-state index is 12.6. The van der Waals surface area contributed by atoms with E-state index < -0.39 is 0 Å². The summed E-state index contributed by atoms with van der Waals surface area (Å²) in [4.78, 5) is 38.1. The van der Waals surface area contributed by atoms with E-state index in [2.05, 4.69) is 25.8 Å². The number of fused-ring (bicyclic) bond motifs is 2. The molecule has 4 rings (SSSR count). The number of rotatable bonds is 3. The standard InChI is InChI=1S/C20H19N5O2S/c1-10-17-11(2)22-12(3)23-20(17)28-18(10)19(27)25-24-16(26)8-13-9-21-15-7-5-4-6-14(13)15/h4-7,9,21H,8H2,1-3H3,(H,24,26)(H,25,27). The second-order valence-corrected chi connectivity index (χ2v) is 7.63. The van der Waals surface area contributed by atoms with Crippen LogP contribution in [0.2, 0.25) is 0 Å². The van der Waals surface area contributed by atoms with Crippen molar-refractivity contribution in [2.45, 2.75) is 27.2 Å². The van der Waals surface area contributed by atoms with Gasteiger partial charge < -0.3 is 4.98 Å². The quantitative estimate of drug-likeness (QED) is 0.466. The average molecular weight is 393 g/mol. The molecule has 0 aliphatic carbocycles. The van der Waals surface area contributed by atoms with Crippen LogP contribution in [-0.2, 0) is 11.2 Å². The smallest absolute Gasteiger partial charge is 0.280 e. The molecule has 142 valence electrons. The number of aryl methyl sites for hydroxylation is 3. The number of hydrogen-bond acceptors (Lipinski definition) is 5. The molecular formula is C20H19N5O2S. The number of hydrazine groups is 1. The molecule has 0 aliphatic rings. The summed E-state index contributed by atoms with van der Waals surface area (Å²) in [6.45, 7) is 5.60. The third kappa shape index (κ3) is 3.22. The van der Waals surface area contributed by atoms with Crippen LogP contribution in [0.15, 0.2) is 30.5 Å². The predicted molar refractivity (Wildman–Crippen MR) is 109 cm³/mol. The molecule has 7 nitrogen and oxygen atoms in total. The molecule has 3 heterocycles. The van der Waals surface area contributed by atoms with Gasteiger partial charge >= 0.3 is 0 Å². The molecule has 0 fully saturated rings. The number of H-pyrrole nitrogens is 1. The highest BCUT2D eigenvalue weighted by molar-refractivity contribution is 7.20. The van der Waals surface area contributed by atoms with Crippen molar-refractivity contribution >= 4 is 44.3 Å². The third-order valence-corrected chi connectivity index (χ3v) is 5.81. The summed E-state index contributed by atoms with van der Waals surface area (Å²) in [7, 11) is 0. The highest BCUT2D eigenvalue weighted by atomic mass is 32.1. The van der Waals surface area contributed by atoms with Gasteiger partial charge in [0.15, 0.2) is 0 Å². The monoisotopic (exact) mass is 393 g/mol. The molecule has 0 spiro atoms. The summed E-state index contributed by atoms with van der Waals surface area (Å²) < 4.78 is 0. The van der Waals surface area contributed by atoms with Crippen molar-refractivity contribution < 1.29 is 9.59 Å². The van der Waals surface area contributed by atoms with E-state index in [4.69, 9.17) is 0 Å². The van der Waals surface area contributed by atoms with E-state index in [0.29, 0.717) is 10.7 Å². The van der Waals surface area contributed by atoms with E-state index in [-0.39, 0.29) is 18.2 Å². The van der Waals surface area contributed by atoms with Crippen LogP contribution < -0.4 is 10.9 Å². The van der Waals surface area contributed by atoms with Gasteiger partial charge in [-0.05, 0) is 38.0 Å². The normalized spacial score (nSPS) is 11.1. The van der Waals surface area contributed by atoms with Gasteiger partial charge in [0.2, 0.25) is 5.91 Å². The number of carbonyl (C=O) groups excluding carboxylic acids is 2. The molecule has 0 unspecified atom stereocenters. The number of hydrogen-bond donors (Lipinski definition) is 3. The second-order valence-electron chi connectivity index (χ2n) is 6.63. The molecule has 0 radical (unpaired) electrons. The highest BCUT2D eigenvalue weighted by Crippen LogP contribution is 2.31. The van der Waals surface area contributed by atoms with Crippen molar-refractivity contribution in [3.63, 3.8) is 0 Å². The second kappa shape index (κ2) is 7.05. The zero-order valence-electron chi connectivity index (χ0n) is 15.7. The first-order valence-electron chi connectivity index (χ1n) is 8.82. The van der Waals surface area contributed by atoms with Crippen LogP contribution in [0.1, 0.15) is 32.3 Å². The summed E-state index contributed by atoms with van der Waals surface area (Å²) in [6, 6.07) is 7.77. The lowest BCUT2D eigenvalue weighted by Gasteiger charge is -2.06. The summed E-state index contributed by atoms with van der Waals surface area (Å²) in [5, 5.41) is 1.89. The van der Waals surface area contributed by atoms with E-state index in [1.165, 1.54) is 11.3 Å². The Morgan fingerprint density at radius 1 is 1.11 bits per heavy atom. The van der Waals surface area contributed by atoms with Gasteiger partial charge in [-0.2, -0.15) is 0 Å². The van der Waals surface area contributed by atoms with Gasteiger partial charge in [0.25, 0.3) is 5.91 Å². The molecule has 0 atom stereocenters. The first-order valence-corrected chi connectivity index (χ1v) is 9.64. The SMILES string of the molecule is Cc1nc(C)c2c(C)c(C(=O)NNC(=O)Cc3c[nH]c4ccccc34)sc2n1. The van der Waals surface area contributed by atoms with Gasteiger partial charge in [0.05, 0.1) is 11.3 Å². The maximum Gasteiger partial charge on any atom is 0.280 e. The summed E-state index contributed by atoms with van der Waals surface area (Å²) in [5.74, 6) is 0.0266. The van der Waals surface area contributed by atoms with Crippen LogP contribution in [0, 0.1) is 20.8 Å². The van der Waals surface area contributed by atoms with E-state index in [1.807, 2.05) is 51.2 Å². The zero-order chi connectivity index (χ0) is 19.8. The maximum absolute atomic E-state index is 12.6. The number of para-hydroxylation sites is 1. The molecule has 8 heteroatoms. The molecule has 0 saturated heterocycles. The van der Waals surface area contributed by atoms with E-state index in [9.17, 15) is 9.59 Å². The largest absolute Gasteiger partial charge is 0.361 e. The van der Waals surface area contributed by atoms with Crippen LogP contribution in [0.5, 0.6) is 0 Å². The molecule has 3 N–H and O–H groups in total. The summed E-state index contributed by atoms with van der Waals surface area (Å²) in [5.41, 5.74) is 8.53. The number of nitrogens with zero attached hydrogens (tertiary/aromatic N) is 2. The van der Waals surface area contributed by atoms with Gasteiger partial charge in [-0.1, -0.05) is 18.2 Å². The first-order chi connectivity index (χ1) is 13.4. The Balaban J connectivity index is 1.47. The van der Waals surface area contributed by atoms with Gasteiger partial charge in [-0.15, -0.1) is 11.3 Å². The Labute approximate surface area is 165 Å². The molecule has 0 saturated carbocycles. The van der Waals surface area contributed by atoms with Crippen LogP contribution in [0.25, 0.3) is 21.1 Å². The fraction of sp³-hybridized carbons (Fsp3) is 0.200. The number of benzene rings is 1. The number of aromatic nitrogens is 3. The Bertz CT molecular complexity index is 1220. The number of aromatic amines is 1. The van der Waals surface area contributed by atoms with Crippen LogP contribution in [-0.4, -0.2) is 26.8 Å². The number of nitrogens with one attached hydrogen (secondary N) is 3. The van der Waals surface area contributed by atoms with E-state index >= 15 is 0 Å². The predicted octanol–water partition coefficient (Wildman–Crippen LogP) is 3.10. The first kappa shape index (κ1) is 18.1. The van der Waals surface area contributed by atoms with E-state index in [1.54, 1.807) is 0 Å². The summed E-state index contributed by atoms with van der Waals surface area (Å²) >= 11 is 1.30. The number of carbonyl (C=O) groups is 2. The van der Waals surface area contributed by atoms with Crippen molar-refractivity contribution in [2.24, 2.45) is 0 Å².